The standard InChI is InChI=1S/C22H29FN4O2/c1-13-16-4-7-22(2,3)12-19(16)27(26-13)15-10-17(23)20(21(24)28)18(11-15)25-14-5-8-29-9-6-14/h10-11,14,25H,4-9,12H2,1-3H3,(H2,24,28). The number of nitrogens with one attached hydrogen (secondary N) is 1. The minimum Gasteiger partial charge on any atom is -0.381 e. The summed E-state index contributed by atoms with van der Waals surface area (Å²) in [7, 11) is 0. The maximum Gasteiger partial charge on any atom is 0.253 e. The molecule has 2 aliphatic rings. The molecule has 156 valence electrons. The zero-order valence-corrected chi connectivity index (χ0v) is 17.3. The molecular formula is C22H29FN4O2. The van der Waals surface area contributed by atoms with Crippen LogP contribution in [-0.4, -0.2) is 34.9 Å². The van der Waals surface area contributed by atoms with Gasteiger partial charge in [-0.1, -0.05) is 13.8 Å². The SMILES string of the molecule is Cc1nn(-c2cc(F)c(C(N)=O)c(NC3CCOCC3)c2)c2c1CCC(C)(C)C2. The second-order valence-corrected chi connectivity index (χ2v) is 9.01. The number of ether oxygens (including phenoxy) is 1. The van der Waals surface area contributed by atoms with E-state index in [4.69, 9.17) is 15.6 Å². The average molecular weight is 400 g/mol. The van der Waals surface area contributed by atoms with E-state index < -0.39 is 11.7 Å². The number of nitrogens with two attached hydrogens (primary N) is 1. The number of halogens is 1. The van der Waals surface area contributed by atoms with Crippen LogP contribution < -0.4 is 11.1 Å². The number of benzene rings is 1. The molecule has 1 fully saturated rings. The Morgan fingerprint density at radius 2 is 2.07 bits per heavy atom. The molecule has 6 nitrogen and oxygen atoms in total. The molecule has 7 heteroatoms. The van der Waals surface area contributed by atoms with Crippen LogP contribution in [0.3, 0.4) is 0 Å². The van der Waals surface area contributed by atoms with Crippen molar-refractivity contribution in [3.8, 4) is 5.69 Å². The quantitative estimate of drug-likeness (QED) is 0.823. The molecule has 0 bridgehead atoms. The number of aryl methyl sites for hydroxylation is 1. The van der Waals surface area contributed by atoms with Crippen LogP contribution in [0, 0.1) is 18.2 Å². The zero-order valence-electron chi connectivity index (χ0n) is 17.3. The third-order valence-electron chi connectivity index (χ3n) is 6.14. The molecule has 0 atom stereocenters. The molecule has 4 rings (SSSR count). The molecule has 0 spiro atoms. The van der Waals surface area contributed by atoms with E-state index in [-0.39, 0.29) is 17.0 Å². The van der Waals surface area contributed by atoms with Gasteiger partial charge in [-0.2, -0.15) is 5.10 Å². The predicted octanol–water partition coefficient (Wildman–Crippen LogP) is 3.52. The summed E-state index contributed by atoms with van der Waals surface area (Å²) in [5.74, 6) is -1.40. The van der Waals surface area contributed by atoms with E-state index in [1.165, 1.54) is 11.6 Å². The van der Waals surface area contributed by atoms with Crippen molar-refractivity contribution in [2.45, 2.75) is 58.9 Å². The van der Waals surface area contributed by atoms with Gasteiger partial charge in [0.2, 0.25) is 0 Å². The fraction of sp³-hybridized carbons (Fsp3) is 0.545. The Kier molecular flexibility index (Phi) is 5.11. The summed E-state index contributed by atoms with van der Waals surface area (Å²) in [6.07, 6.45) is 4.56. The first-order valence-electron chi connectivity index (χ1n) is 10.3. The van der Waals surface area contributed by atoms with Crippen LogP contribution in [0.4, 0.5) is 10.1 Å². The summed E-state index contributed by atoms with van der Waals surface area (Å²) >= 11 is 0. The molecule has 0 radical (unpaired) electrons. The van der Waals surface area contributed by atoms with Crippen molar-refractivity contribution in [2.24, 2.45) is 11.1 Å². The Hall–Kier alpha value is -2.41. The third-order valence-corrected chi connectivity index (χ3v) is 6.14. The molecule has 1 aliphatic carbocycles. The van der Waals surface area contributed by atoms with Crippen LogP contribution in [0.25, 0.3) is 5.69 Å². The van der Waals surface area contributed by atoms with Crippen LogP contribution in [0.1, 0.15) is 60.4 Å². The molecule has 1 aliphatic heterocycles. The predicted molar refractivity (Wildman–Crippen MR) is 110 cm³/mol. The van der Waals surface area contributed by atoms with Crippen LogP contribution in [0.15, 0.2) is 12.1 Å². The zero-order chi connectivity index (χ0) is 20.8. The molecule has 2 aromatic rings. The van der Waals surface area contributed by atoms with Gasteiger partial charge in [0.15, 0.2) is 0 Å². The van der Waals surface area contributed by atoms with Crippen LogP contribution in [0.5, 0.6) is 0 Å². The van der Waals surface area contributed by atoms with Gasteiger partial charge in [0.1, 0.15) is 5.82 Å². The number of rotatable bonds is 4. The number of anilines is 1. The highest BCUT2D eigenvalue weighted by atomic mass is 19.1. The van der Waals surface area contributed by atoms with Crippen molar-refractivity contribution >= 4 is 11.6 Å². The van der Waals surface area contributed by atoms with Crippen molar-refractivity contribution in [2.75, 3.05) is 18.5 Å². The van der Waals surface area contributed by atoms with E-state index in [2.05, 4.69) is 19.2 Å². The fourth-order valence-electron chi connectivity index (χ4n) is 4.47. The van der Waals surface area contributed by atoms with Gasteiger partial charge < -0.3 is 15.8 Å². The molecule has 1 aromatic carbocycles. The largest absolute Gasteiger partial charge is 0.381 e. The first-order chi connectivity index (χ1) is 13.7. The highest BCUT2D eigenvalue weighted by Crippen LogP contribution is 2.37. The summed E-state index contributed by atoms with van der Waals surface area (Å²) in [5.41, 5.74) is 9.97. The maximum absolute atomic E-state index is 15.0. The van der Waals surface area contributed by atoms with E-state index >= 15 is 0 Å². The molecule has 0 saturated carbocycles. The normalized spacial score (nSPS) is 19.0. The average Bonchev–Trinajstić information content (AvgIpc) is 2.96. The fourth-order valence-corrected chi connectivity index (χ4v) is 4.47. The number of fused-ring (bicyclic) bond motifs is 1. The Morgan fingerprint density at radius 1 is 1.34 bits per heavy atom. The molecule has 1 saturated heterocycles. The summed E-state index contributed by atoms with van der Waals surface area (Å²) < 4.78 is 22.2. The summed E-state index contributed by atoms with van der Waals surface area (Å²) in [6, 6.07) is 3.28. The van der Waals surface area contributed by atoms with E-state index in [0.717, 1.165) is 43.5 Å². The summed E-state index contributed by atoms with van der Waals surface area (Å²) in [6.45, 7) is 7.79. The van der Waals surface area contributed by atoms with Gasteiger partial charge in [0.25, 0.3) is 5.91 Å². The van der Waals surface area contributed by atoms with Gasteiger partial charge in [-0.25, -0.2) is 9.07 Å². The van der Waals surface area contributed by atoms with Crippen molar-refractivity contribution in [1.82, 2.24) is 9.78 Å². The van der Waals surface area contributed by atoms with Crippen LogP contribution in [0.2, 0.25) is 0 Å². The molecule has 3 N–H and O–H groups in total. The molecule has 2 heterocycles. The van der Waals surface area contributed by atoms with E-state index in [1.807, 2.05) is 11.6 Å². The van der Waals surface area contributed by atoms with Gasteiger partial charge in [-0.15, -0.1) is 0 Å². The number of hydrogen-bond donors (Lipinski definition) is 2. The monoisotopic (exact) mass is 400 g/mol. The number of hydrogen-bond acceptors (Lipinski definition) is 4. The maximum atomic E-state index is 15.0. The van der Waals surface area contributed by atoms with Crippen molar-refractivity contribution in [3.05, 3.63) is 40.5 Å². The second-order valence-electron chi connectivity index (χ2n) is 9.01. The van der Waals surface area contributed by atoms with Crippen LogP contribution in [-0.2, 0) is 17.6 Å². The summed E-state index contributed by atoms with van der Waals surface area (Å²) in [5, 5.41) is 8.04. The van der Waals surface area contributed by atoms with Gasteiger partial charge in [0, 0.05) is 31.0 Å². The van der Waals surface area contributed by atoms with Gasteiger partial charge >= 0.3 is 0 Å². The first-order valence-corrected chi connectivity index (χ1v) is 10.3. The number of carbonyl (C=O) groups excluding carboxylic acids is 1. The van der Waals surface area contributed by atoms with Crippen LogP contribution >= 0.6 is 0 Å². The first kappa shape index (κ1) is 19.9. The van der Waals surface area contributed by atoms with Crippen molar-refractivity contribution in [3.63, 3.8) is 0 Å². The highest BCUT2D eigenvalue weighted by molar-refractivity contribution is 5.99. The number of aromatic nitrogens is 2. The minimum atomic E-state index is -0.775. The Balaban J connectivity index is 1.78. The number of carbonyl (C=O) groups is 1. The Morgan fingerprint density at radius 3 is 2.76 bits per heavy atom. The molecular weight excluding hydrogens is 371 g/mol. The number of amides is 1. The minimum absolute atomic E-state index is 0.0988. The molecule has 1 aromatic heterocycles. The smallest absolute Gasteiger partial charge is 0.253 e. The molecule has 1 amide bonds. The van der Waals surface area contributed by atoms with E-state index in [1.54, 1.807) is 6.07 Å². The lowest BCUT2D eigenvalue weighted by molar-refractivity contribution is 0.0904. The highest BCUT2D eigenvalue weighted by Gasteiger charge is 2.31. The van der Waals surface area contributed by atoms with Gasteiger partial charge in [-0.3, -0.25) is 4.79 Å². The number of primary amides is 1. The molecule has 0 unspecified atom stereocenters. The third kappa shape index (κ3) is 3.88. The Labute approximate surface area is 170 Å². The lowest BCUT2D eigenvalue weighted by Crippen LogP contribution is -2.29. The lowest BCUT2D eigenvalue weighted by atomic mass is 9.76. The topological polar surface area (TPSA) is 82.2 Å². The molecule has 29 heavy (non-hydrogen) atoms. The summed E-state index contributed by atoms with van der Waals surface area (Å²) in [4.78, 5) is 11.9. The lowest BCUT2D eigenvalue weighted by Gasteiger charge is -2.30. The van der Waals surface area contributed by atoms with E-state index in [9.17, 15) is 9.18 Å². The van der Waals surface area contributed by atoms with Crippen molar-refractivity contribution in [1.29, 1.82) is 0 Å². The van der Waals surface area contributed by atoms with E-state index in [0.29, 0.717) is 24.6 Å². The van der Waals surface area contributed by atoms with Crippen molar-refractivity contribution < 1.29 is 13.9 Å². The van der Waals surface area contributed by atoms with Gasteiger partial charge in [0.05, 0.1) is 22.6 Å². The Bertz CT molecular complexity index is 945. The van der Waals surface area contributed by atoms with Gasteiger partial charge in [-0.05, 0) is 56.1 Å². The number of nitrogens with zero attached hydrogens (tertiary/aromatic N) is 2. The second kappa shape index (κ2) is 7.44.